The van der Waals surface area contributed by atoms with Gasteiger partial charge in [-0.25, -0.2) is 4.79 Å². The molecule has 0 spiro atoms. The van der Waals surface area contributed by atoms with Gasteiger partial charge in [0.2, 0.25) is 0 Å². The third-order valence-electron chi connectivity index (χ3n) is 3.85. The van der Waals surface area contributed by atoms with Gasteiger partial charge in [-0.1, -0.05) is 43.2 Å². The van der Waals surface area contributed by atoms with Crippen molar-refractivity contribution >= 4 is 12.0 Å². The zero-order valence-electron chi connectivity index (χ0n) is 11.6. The molecule has 3 N–H and O–H groups in total. The number of hydrogen-bond donors (Lipinski definition) is 3. The summed E-state index contributed by atoms with van der Waals surface area (Å²) in [5.41, 5.74) is 0.708. The number of aliphatic carboxylic acids is 1. The monoisotopic (exact) mass is 276 g/mol. The van der Waals surface area contributed by atoms with Crippen molar-refractivity contribution in [3.05, 3.63) is 35.9 Å². The van der Waals surface area contributed by atoms with Crippen LogP contribution in [-0.2, 0) is 10.3 Å². The fraction of sp³-hybridized carbons (Fsp3) is 0.467. The highest BCUT2D eigenvalue weighted by Gasteiger charge is 2.37. The first kappa shape index (κ1) is 14.4. The molecule has 1 fully saturated rings. The summed E-state index contributed by atoms with van der Waals surface area (Å²) in [7, 11) is 0. The average molecular weight is 276 g/mol. The van der Waals surface area contributed by atoms with E-state index in [0.29, 0.717) is 0 Å². The van der Waals surface area contributed by atoms with E-state index < -0.39 is 18.0 Å². The molecule has 5 heteroatoms. The Morgan fingerprint density at radius 3 is 2.35 bits per heavy atom. The number of carbonyl (C=O) groups is 2. The summed E-state index contributed by atoms with van der Waals surface area (Å²) in [6.07, 6.45) is 3.88. The summed E-state index contributed by atoms with van der Waals surface area (Å²) < 4.78 is 0. The number of benzene rings is 1. The maximum absolute atomic E-state index is 12.0. The maximum Gasteiger partial charge on any atom is 0.325 e. The van der Waals surface area contributed by atoms with Crippen LogP contribution in [0.25, 0.3) is 0 Å². The molecular weight excluding hydrogens is 256 g/mol. The van der Waals surface area contributed by atoms with E-state index >= 15 is 0 Å². The van der Waals surface area contributed by atoms with Crippen molar-refractivity contribution in [3.63, 3.8) is 0 Å². The van der Waals surface area contributed by atoms with Gasteiger partial charge in [-0.05, 0) is 25.3 Å². The highest BCUT2D eigenvalue weighted by atomic mass is 16.4. The van der Waals surface area contributed by atoms with Gasteiger partial charge in [0, 0.05) is 0 Å². The van der Waals surface area contributed by atoms with Crippen molar-refractivity contribution < 1.29 is 14.7 Å². The molecule has 1 atom stereocenters. The van der Waals surface area contributed by atoms with Crippen molar-refractivity contribution in [2.45, 2.75) is 44.2 Å². The first-order valence-corrected chi connectivity index (χ1v) is 6.90. The molecule has 20 heavy (non-hydrogen) atoms. The minimum atomic E-state index is -1.04. The van der Waals surface area contributed by atoms with Crippen molar-refractivity contribution in [1.82, 2.24) is 10.6 Å². The highest BCUT2D eigenvalue weighted by molar-refractivity contribution is 5.82. The van der Waals surface area contributed by atoms with Gasteiger partial charge < -0.3 is 15.7 Å². The van der Waals surface area contributed by atoms with Crippen LogP contribution in [0.15, 0.2) is 30.3 Å². The molecule has 0 saturated heterocycles. The van der Waals surface area contributed by atoms with Gasteiger partial charge in [0.05, 0.1) is 5.54 Å². The molecule has 1 aliphatic carbocycles. The summed E-state index contributed by atoms with van der Waals surface area (Å²) in [6, 6.07) is 8.54. The lowest BCUT2D eigenvalue weighted by Crippen LogP contribution is -2.52. The van der Waals surface area contributed by atoms with Crippen LogP contribution in [0, 0.1) is 0 Å². The maximum atomic E-state index is 12.0. The van der Waals surface area contributed by atoms with Gasteiger partial charge in [-0.2, -0.15) is 0 Å². The zero-order chi connectivity index (χ0) is 14.6. The van der Waals surface area contributed by atoms with Gasteiger partial charge in [0.15, 0.2) is 0 Å². The van der Waals surface area contributed by atoms with E-state index in [4.69, 9.17) is 5.11 Å². The summed E-state index contributed by atoms with van der Waals surface area (Å²) in [4.78, 5) is 22.8. The smallest absolute Gasteiger partial charge is 0.325 e. The number of urea groups is 1. The Hall–Kier alpha value is -2.04. The standard InChI is InChI=1S/C15H20N2O3/c1-11(13(18)19)16-14(20)17-15(9-5-6-10-15)12-7-3-2-4-8-12/h2-4,7-8,11H,5-6,9-10H2,1H3,(H,18,19)(H2,16,17,20). The molecule has 0 heterocycles. The Labute approximate surface area is 118 Å². The van der Waals surface area contributed by atoms with Crippen LogP contribution in [0.3, 0.4) is 0 Å². The summed E-state index contributed by atoms with van der Waals surface area (Å²) in [6.45, 7) is 1.45. The summed E-state index contributed by atoms with van der Waals surface area (Å²) in [5.74, 6) is -1.04. The van der Waals surface area contributed by atoms with Crippen LogP contribution < -0.4 is 10.6 Å². The van der Waals surface area contributed by atoms with E-state index in [0.717, 1.165) is 31.2 Å². The third-order valence-corrected chi connectivity index (χ3v) is 3.85. The van der Waals surface area contributed by atoms with E-state index in [-0.39, 0.29) is 5.54 Å². The first-order chi connectivity index (χ1) is 9.53. The van der Waals surface area contributed by atoms with Crippen molar-refractivity contribution in [2.75, 3.05) is 0 Å². The molecule has 0 aromatic heterocycles. The lowest BCUT2D eigenvalue weighted by atomic mass is 9.88. The molecule has 108 valence electrons. The van der Waals surface area contributed by atoms with Gasteiger partial charge >= 0.3 is 12.0 Å². The minimum Gasteiger partial charge on any atom is -0.480 e. The van der Waals surface area contributed by atoms with Crippen LogP contribution in [0.5, 0.6) is 0 Å². The Kier molecular flexibility index (Phi) is 4.27. The summed E-state index contributed by atoms with van der Waals surface area (Å²) in [5, 5.41) is 14.3. The third kappa shape index (κ3) is 3.10. The van der Waals surface area contributed by atoms with E-state index in [1.807, 2.05) is 30.3 Å². The molecule has 1 saturated carbocycles. The Morgan fingerprint density at radius 1 is 1.20 bits per heavy atom. The van der Waals surface area contributed by atoms with Crippen LogP contribution >= 0.6 is 0 Å². The van der Waals surface area contributed by atoms with E-state index in [1.54, 1.807) is 0 Å². The second kappa shape index (κ2) is 5.94. The molecule has 1 unspecified atom stereocenters. The number of carbonyl (C=O) groups excluding carboxylic acids is 1. The topological polar surface area (TPSA) is 78.4 Å². The lowest BCUT2D eigenvalue weighted by molar-refractivity contribution is -0.138. The highest BCUT2D eigenvalue weighted by Crippen LogP contribution is 2.38. The number of carboxylic acid groups (broad SMARTS) is 1. The van der Waals surface area contributed by atoms with E-state index in [1.165, 1.54) is 6.92 Å². The molecular formula is C15H20N2O3. The van der Waals surface area contributed by atoms with Crippen LogP contribution in [0.4, 0.5) is 4.79 Å². The normalized spacial score (nSPS) is 18.2. The number of hydrogen-bond acceptors (Lipinski definition) is 2. The Morgan fingerprint density at radius 2 is 1.80 bits per heavy atom. The lowest BCUT2D eigenvalue weighted by Gasteiger charge is -2.31. The second-order valence-corrected chi connectivity index (χ2v) is 5.31. The molecule has 5 nitrogen and oxygen atoms in total. The average Bonchev–Trinajstić information content (AvgIpc) is 2.89. The fourth-order valence-corrected chi connectivity index (χ4v) is 2.73. The number of nitrogens with one attached hydrogen (secondary N) is 2. The molecule has 1 aromatic rings. The molecule has 1 aromatic carbocycles. The molecule has 0 bridgehead atoms. The van der Waals surface area contributed by atoms with Gasteiger partial charge in [-0.15, -0.1) is 0 Å². The Bertz CT molecular complexity index is 481. The van der Waals surface area contributed by atoms with E-state index in [2.05, 4.69) is 10.6 Å². The molecule has 0 aliphatic heterocycles. The predicted octanol–water partition coefficient (Wildman–Crippen LogP) is 2.23. The van der Waals surface area contributed by atoms with Crippen LogP contribution in [0.2, 0.25) is 0 Å². The van der Waals surface area contributed by atoms with Crippen LogP contribution in [-0.4, -0.2) is 23.1 Å². The summed E-state index contributed by atoms with van der Waals surface area (Å²) >= 11 is 0. The molecule has 2 rings (SSSR count). The molecule has 2 amide bonds. The van der Waals surface area contributed by atoms with Crippen molar-refractivity contribution in [2.24, 2.45) is 0 Å². The SMILES string of the molecule is CC(NC(=O)NC1(c2ccccc2)CCCC1)C(=O)O. The number of amides is 2. The molecule has 1 aliphatic rings. The predicted molar refractivity (Wildman–Crippen MR) is 75.4 cm³/mol. The van der Waals surface area contributed by atoms with Gasteiger partial charge in [0.25, 0.3) is 0 Å². The second-order valence-electron chi connectivity index (χ2n) is 5.31. The number of carboxylic acids is 1. The van der Waals surface area contributed by atoms with Crippen molar-refractivity contribution in [3.8, 4) is 0 Å². The van der Waals surface area contributed by atoms with Gasteiger partial charge in [0.1, 0.15) is 6.04 Å². The number of rotatable bonds is 4. The van der Waals surface area contributed by atoms with Gasteiger partial charge in [-0.3, -0.25) is 4.79 Å². The largest absolute Gasteiger partial charge is 0.480 e. The van der Waals surface area contributed by atoms with Crippen molar-refractivity contribution in [1.29, 1.82) is 0 Å². The quantitative estimate of drug-likeness (QED) is 0.789. The van der Waals surface area contributed by atoms with Crippen LogP contribution in [0.1, 0.15) is 38.2 Å². The fourth-order valence-electron chi connectivity index (χ4n) is 2.73. The first-order valence-electron chi connectivity index (χ1n) is 6.90. The zero-order valence-corrected chi connectivity index (χ0v) is 11.6. The molecule has 0 radical (unpaired) electrons. The minimum absolute atomic E-state index is 0.371. The van der Waals surface area contributed by atoms with E-state index in [9.17, 15) is 9.59 Å². The Balaban J connectivity index is 2.11.